The molecule has 6 nitrogen and oxygen atoms in total. The van der Waals surface area contributed by atoms with Gasteiger partial charge < -0.3 is 9.47 Å². The van der Waals surface area contributed by atoms with Crippen molar-refractivity contribution in [3.8, 4) is 17.2 Å². The zero-order valence-corrected chi connectivity index (χ0v) is 17.2. The first-order valence-corrected chi connectivity index (χ1v) is 10.4. The van der Waals surface area contributed by atoms with Crippen LogP contribution in [0.25, 0.3) is 16.6 Å². The molecular formula is C22H22N2O4S. The molecule has 1 saturated carbocycles. The first-order chi connectivity index (χ1) is 14.1. The van der Waals surface area contributed by atoms with Crippen molar-refractivity contribution in [2.24, 2.45) is 0 Å². The molecule has 0 bridgehead atoms. The van der Waals surface area contributed by atoms with Gasteiger partial charge in [-0.2, -0.15) is 0 Å². The normalized spacial score (nSPS) is 16.8. The summed E-state index contributed by atoms with van der Waals surface area (Å²) in [6.07, 6.45) is 3.34. The third-order valence-electron chi connectivity index (χ3n) is 5.12. The fraction of sp³-hybridized carbons (Fsp3) is 0.318. The van der Waals surface area contributed by atoms with Crippen LogP contribution in [0, 0.1) is 0 Å². The number of hydrogen-bond acceptors (Lipinski definition) is 6. The van der Waals surface area contributed by atoms with Crippen LogP contribution in [0.2, 0.25) is 0 Å². The first kappa shape index (κ1) is 19.5. The summed E-state index contributed by atoms with van der Waals surface area (Å²) in [4.78, 5) is 30.5. The van der Waals surface area contributed by atoms with Crippen LogP contribution in [0.4, 0.5) is 0 Å². The summed E-state index contributed by atoms with van der Waals surface area (Å²) in [6, 6.07) is 12.6. The molecule has 0 amide bonds. The number of ether oxygens (including phenoxy) is 2. The number of rotatable bonds is 5. The molecule has 1 fully saturated rings. The third-order valence-corrected chi connectivity index (χ3v) is 6.38. The van der Waals surface area contributed by atoms with Crippen LogP contribution in [-0.4, -0.2) is 34.8 Å². The molecule has 2 aromatic carbocycles. The van der Waals surface area contributed by atoms with Crippen LogP contribution in [0.15, 0.2) is 52.4 Å². The second-order valence-corrected chi connectivity index (χ2v) is 8.08. The lowest BCUT2D eigenvalue weighted by molar-refractivity contribution is -0.119. The summed E-state index contributed by atoms with van der Waals surface area (Å²) in [5, 5.41) is 0.867. The molecule has 3 aromatic rings. The van der Waals surface area contributed by atoms with Gasteiger partial charge in [0.1, 0.15) is 5.78 Å². The van der Waals surface area contributed by atoms with Crippen LogP contribution in [-0.2, 0) is 4.79 Å². The number of benzene rings is 2. The third kappa shape index (κ3) is 3.74. The summed E-state index contributed by atoms with van der Waals surface area (Å²) in [7, 11) is 3.12. The Labute approximate surface area is 172 Å². The summed E-state index contributed by atoms with van der Waals surface area (Å²) in [5.41, 5.74) is 1.07. The maximum absolute atomic E-state index is 13.4. The predicted octanol–water partition coefficient (Wildman–Crippen LogP) is 4.01. The molecular weight excluding hydrogens is 388 g/mol. The van der Waals surface area contributed by atoms with Gasteiger partial charge in [-0.1, -0.05) is 30.3 Å². The van der Waals surface area contributed by atoms with Crippen molar-refractivity contribution >= 4 is 28.4 Å². The van der Waals surface area contributed by atoms with E-state index in [-0.39, 0.29) is 16.6 Å². The number of para-hydroxylation sites is 1. The molecule has 7 heteroatoms. The van der Waals surface area contributed by atoms with Gasteiger partial charge >= 0.3 is 0 Å². The molecule has 0 N–H and O–H groups in total. The lowest BCUT2D eigenvalue weighted by Crippen LogP contribution is -2.26. The lowest BCUT2D eigenvalue weighted by atomic mass is 9.99. The fourth-order valence-electron chi connectivity index (χ4n) is 3.59. The molecule has 29 heavy (non-hydrogen) atoms. The number of aromatic nitrogens is 2. The van der Waals surface area contributed by atoms with E-state index in [1.54, 1.807) is 43.1 Å². The SMILES string of the molecule is COc1ccc(-n2c(SC3CCCCC3=O)nc3ccccc3c2=O)cc1OC. The summed E-state index contributed by atoms with van der Waals surface area (Å²) >= 11 is 1.38. The Bertz CT molecular complexity index is 1130. The predicted molar refractivity (Wildman–Crippen MR) is 114 cm³/mol. The van der Waals surface area contributed by atoms with Crippen LogP contribution < -0.4 is 15.0 Å². The van der Waals surface area contributed by atoms with Crippen LogP contribution in [0.1, 0.15) is 25.7 Å². The number of Topliss-reactive ketones (excluding diaryl/α,β-unsaturated/α-hetero) is 1. The average Bonchev–Trinajstić information content (AvgIpc) is 2.75. The minimum Gasteiger partial charge on any atom is -0.493 e. The molecule has 1 unspecified atom stereocenters. The zero-order chi connectivity index (χ0) is 20.4. The van der Waals surface area contributed by atoms with Gasteiger partial charge in [0.05, 0.1) is 36.1 Å². The topological polar surface area (TPSA) is 70.4 Å². The van der Waals surface area contributed by atoms with E-state index in [1.165, 1.54) is 11.8 Å². The molecule has 1 aliphatic rings. The van der Waals surface area contributed by atoms with Gasteiger partial charge in [-0.05, 0) is 37.1 Å². The molecule has 1 aliphatic carbocycles. The van der Waals surface area contributed by atoms with Crippen molar-refractivity contribution in [2.45, 2.75) is 36.1 Å². The number of ketones is 1. The highest BCUT2D eigenvalue weighted by Gasteiger charge is 2.26. The second kappa shape index (κ2) is 8.29. The molecule has 1 aromatic heterocycles. The van der Waals surface area contributed by atoms with E-state index in [1.807, 2.05) is 18.2 Å². The number of carbonyl (C=O) groups excluding carboxylic acids is 1. The molecule has 4 rings (SSSR count). The maximum Gasteiger partial charge on any atom is 0.266 e. The van der Waals surface area contributed by atoms with E-state index in [2.05, 4.69) is 0 Å². The highest BCUT2D eigenvalue weighted by atomic mass is 32.2. The monoisotopic (exact) mass is 410 g/mol. The number of fused-ring (bicyclic) bond motifs is 1. The molecule has 150 valence electrons. The Balaban J connectivity index is 1.90. The van der Waals surface area contributed by atoms with Crippen molar-refractivity contribution in [3.05, 3.63) is 52.8 Å². The quantitative estimate of drug-likeness (QED) is 0.592. The Morgan fingerprint density at radius 2 is 1.83 bits per heavy atom. The summed E-state index contributed by atoms with van der Waals surface area (Å²) in [5.74, 6) is 1.33. The van der Waals surface area contributed by atoms with E-state index in [4.69, 9.17) is 14.5 Å². The number of methoxy groups -OCH3 is 2. The van der Waals surface area contributed by atoms with E-state index in [0.29, 0.717) is 39.7 Å². The van der Waals surface area contributed by atoms with Gasteiger partial charge in [0, 0.05) is 12.5 Å². The number of thioether (sulfide) groups is 1. The van der Waals surface area contributed by atoms with Crippen molar-refractivity contribution in [1.82, 2.24) is 9.55 Å². The van der Waals surface area contributed by atoms with Crippen molar-refractivity contribution in [3.63, 3.8) is 0 Å². The van der Waals surface area contributed by atoms with Crippen LogP contribution in [0.5, 0.6) is 11.5 Å². The molecule has 1 heterocycles. The van der Waals surface area contributed by atoms with Gasteiger partial charge in [0.2, 0.25) is 0 Å². The standard InChI is InChI=1S/C22H22N2O4S/c1-27-18-12-11-14(13-19(18)28-2)24-21(26)15-7-3-4-8-16(15)23-22(24)29-20-10-6-5-9-17(20)25/h3-4,7-8,11-13,20H,5-6,9-10H2,1-2H3. The minimum absolute atomic E-state index is 0.173. The van der Waals surface area contributed by atoms with Gasteiger partial charge in [0.25, 0.3) is 5.56 Å². The van der Waals surface area contributed by atoms with Gasteiger partial charge in [0.15, 0.2) is 16.7 Å². The van der Waals surface area contributed by atoms with E-state index < -0.39 is 0 Å². The van der Waals surface area contributed by atoms with Crippen molar-refractivity contribution < 1.29 is 14.3 Å². The Kier molecular flexibility index (Phi) is 5.58. The Morgan fingerprint density at radius 3 is 2.59 bits per heavy atom. The van der Waals surface area contributed by atoms with E-state index in [9.17, 15) is 9.59 Å². The number of carbonyl (C=O) groups is 1. The maximum atomic E-state index is 13.4. The van der Waals surface area contributed by atoms with Gasteiger partial charge in [-0.15, -0.1) is 0 Å². The molecule has 1 atom stereocenters. The highest BCUT2D eigenvalue weighted by molar-refractivity contribution is 8.00. The van der Waals surface area contributed by atoms with Crippen LogP contribution >= 0.6 is 11.8 Å². The molecule has 0 spiro atoms. The van der Waals surface area contributed by atoms with E-state index in [0.717, 1.165) is 19.3 Å². The highest BCUT2D eigenvalue weighted by Crippen LogP contribution is 2.34. The molecule has 0 radical (unpaired) electrons. The lowest BCUT2D eigenvalue weighted by Gasteiger charge is -2.21. The minimum atomic E-state index is -0.178. The fourth-order valence-corrected chi connectivity index (χ4v) is 4.82. The summed E-state index contributed by atoms with van der Waals surface area (Å²) in [6.45, 7) is 0. The molecule has 0 aliphatic heterocycles. The summed E-state index contributed by atoms with van der Waals surface area (Å²) < 4.78 is 12.3. The average molecular weight is 410 g/mol. The number of nitrogens with zero attached hydrogens (tertiary/aromatic N) is 2. The van der Waals surface area contributed by atoms with Gasteiger partial charge in [-0.25, -0.2) is 4.98 Å². The van der Waals surface area contributed by atoms with Crippen molar-refractivity contribution in [2.75, 3.05) is 14.2 Å². The smallest absolute Gasteiger partial charge is 0.266 e. The zero-order valence-electron chi connectivity index (χ0n) is 16.4. The van der Waals surface area contributed by atoms with E-state index >= 15 is 0 Å². The van der Waals surface area contributed by atoms with Crippen LogP contribution in [0.3, 0.4) is 0 Å². The first-order valence-electron chi connectivity index (χ1n) is 9.56. The largest absolute Gasteiger partial charge is 0.493 e. The van der Waals surface area contributed by atoms with Gasteiger partial charge in [-0.3, -0.25) is 14.2 Å². The Hall–Kier alpha value is -2.80. The Morgan fingerprint density at radius 1 is 1.03 bits per heavy atom. The second-order valence-electron chi connectivity index (χ2n) is 6.91. The molecule has 0 saturated heterocycles. The number of hydrogen-bond donors (Lipinski definition) is 0. The van der Waals surface area contributed by atoms with Crippen molar-refractivity contribution in [1.29, 1.82) is 0 Å².